The number of carbonyl (C=O) groups excluding carboxylic acids is 1. The van der Waals surface area contributed by atoms with Crippen LogP contribution in [0.5, 0.6) is 5.75 Å². The minimum absolute atomic E-state index is 0. The highest BCUT2D eigenvalue weighted by molar-refractivity contribution is 5.85. The van der Waals surface area contributed by atoms with Crippen LogP contribution in [-0.4, -0.2) is 48.5 Å². The molecule has 0 radical (unpaired) electrons. The van der Waals surface area contributed by atoms with Gasteiger partial charge in [0.25, 0.3) is 0 Å². The van der Waals surface area contributed by atoms with Crippen LogP contribution in [0.15, 0.2) is 54.6 Å². The van der Waals surface area contributed by atoms with Crippen molar-refractivity contribution in [1.29, 1.82) is 0 Å². The molecule has 3 rings (SSSR count). The van der Waals surface area contributed by atoms with E-state index in [0.29, 0.717) is 6.61 Å². The van der Waals surface area contributed by atoms with Gasteiger partial charge in [-0.2, -0.15) is 0 Å². The number of halogens is 2. The van der Waals surface area contributed by atoms with Crippen LogP contribution in [0.3, 0.4) is 0 Å². The zero-order valence-electron chi connectivity index (χ0n) is 17.7. The summed E-state index contributed by atoms with van der Waals surface area (Å²) < 4.78 is 5.50. The van der Waals surface area contributed by atoms with Crippen molar-refractivity contribution in [3.63, 3.8) is 0 Å². The molecule has 5 nitrogen and oxygen atoms in total. The normalized spacial score (nSPS) is 16.0. The van der Waals surface area contributed by atoms with Crippen molar-refractivity contribution in [2.24, 2.45) is 11.7 Å². The molecular formula is C23H33Cl2N3O2. The Balaban J connectivity index is 0.00000225. The molecule has 0 saturated carbocycles. The molecule has 2 aromatic carbocycles. The summed E-state index contributed by atoms with van der Waals surface area (Å²) >= 11 is 0. The monoisotopic (exact) mass is 453 g/mol. The van der Waals surface area contributed by atoms with Gasteiger partial charge in [-0.3, -0.25) is 9.69 Å². The van der Waals surface area contributed by atoms with Gasteiger partial charge in [0.15, 0.2) is 0 Å². The van der Waals surface area contributed by atoms with E-state index in [0.717, 1.165) is 44.0 Å². The van der Waals surface area contributed by atoms with Gasteiger partial charge in [0.05, 0.1) is 12.5 Å². The molecule has 1 fully saturated rings. The SMILES string of the molecule is CCOc1ccc(CN2CCN(C(=O)C(C)C(N)c3ccccc3)CC2)cc1.Cl.Cl. The number of nitrogens with zero attached hydrogens (tertiary/aromatic N) is 2. The lowest BCUT2D eigenvalue weighted by molar-refractivity contribution is -0.137. The summed E-state index contributed by atoms with van der Waals surface area (Å²) in [6.07, 6.45) is 0. The summed E-state index contributed by atoms with van der Waals surface area (Å²) in [5.74, 6) is 0.836. The fraction of sp³-hybridized carbons (Fsp3) is 0.435. The van der Waals surface area contributed by atoms with Gasteiger partial charge in [-0.25, -0.2) is 0 Å². The van der Waals surface area contributed by atoms with Gasteiger partial charge in [-0.05, 0) is 30.2 Å². The van der Waals surface area contributed by atoms with Gasteiger partial charge in [0.2, 0.25) is 5.91 Å². The standard InChI is InChI=1S/C23H31N3O2.2ClH/c1-3-28-21-11-9-19(10-12-21)17-25-13-15-26(16-14-25)23(27)18(2)22(24)20-7-5-4-6-8-20;;/h4-12,18,22H,3,13-17,24H2,1-2H3;2*1H. The van der Waals surface area contributed by atoms with E-state index in [2.05, 4.69) is 17.0 Å². The van der Waals surface area contributed by atoms with E-state index in [1.54, 1.807) is 0 Å². The number of carbonyl (C=O) groups is 1. The molecule has 1 aliphatic heterocycles. The van der Waals surface area contributed by atoms with Crippen molar-refractivity contribution in [3.8, 4) is 5.75 Å². The van der Waals surface area contributed by atoms with Crippen LogP contribution in [0.1, 0.15) is 31.0 Å². The topological polar surface area (TPSA) is 58.8 Å². The van der Waals surface area contributed by atoms with E-state index < -0.39 is 0 Å². The van der Waals surface area contributed by atoms with Crippen LogP contribution < -0.4 is 10.5 Å². The van der Waals surface area contributed by atoms with Crippen LogP contribution in [0.25, 0.3) is 0 Å². The predicted octanol–water partition coefficient (Wildman–Crippen LogP) is 3.91. The average molecular weight is 454 g/mol. The predicted molar refractivity (Wildman–Crippen MR) is 126 cm³/mol. The first-order valence-electron chi connectivity index (χ1n) is 10.1. The summed E-state index contributed by atoms with van der Waals surface area (Å²) in [6.45, 7) is 8.77. The van der Waals surface area contributed by atoms with E-state index in [-0.39, 0.29) is 42.7 Å². The van der Waals surface area contributed by atoms with Gasteiger partial charge in [0.1, 0.15) is 5.75 Å². The van der Waals surface area contributed by atoms with Crippen molar-refractivity contribution in [2.45, 2.75) is 26.4 Å². The first-order chi connectivity index (χ1) is 13.6. The number of benzene rings is 2. The van der Waals surface area contributed by atoms with Crippen LogP contribution in [-0.2, 0) is 11.3 Å². The molecule has 2 unspecified atom stereocenters. The van der Waals surface area contributed by atoms with Gasteiger partial charge < -0.3 is 15.4 Å². The van der Waals surface area contributed by atoms with Gasteiger partial charge in [-0.1, -0.05) is 49.4 Å². The summed E-state index contributed by atoms with van der Waals surface area (Å²) in [7, 11) is 0. The van der Waals surface area contributed by atoms with Crippen molar-refractivity contribution >= 4 is 30.7 Å². The molecule has 2 N–H and O–H groups in total. The zero-order valence-corrected chi connectivity index (χ0v) is 19.3. The molecular weight excluding hydrogens is 421 g/mol. The first kappa shape index (κ1) is 26.2. The molecule has 0 aliphatic carbocycles. The molecule has 30 heavy (non-hydrogen) atoms. The Morgan fingerprint density at radius 1 is 1.00 bits per heavy atom. The highest BCUT2D eigenvalue weighted by atomic mass is 35.5. The molecule has 7 heteroatoms. The maximum atomic E-state index is 12.9. The largest absolute Gasteiger partial charge is 0.494 e. The maximum absolute atomic E-state index is 12.9. The third kappa shape index (κ3) is 6.88. The Kier molecular flexibility index (Phi) is 11.2. The maximum Gasteiger partial charge on any atom is 0.227 e. The highest BCUT2D eigenvalue weighted by Crippen LogP contribution is 2.22. The number of hydrogen-bond donors (Lipinski definition) is 1. The van der Waals surface area contributed by atoms with Gasteiger partial charge >= 0.3 is 0 Å². The molecule has 0 aromatic heterocycles. The Labute approximate surface area is 192 Å². The Hall–Kier alpha value is -1.79. The zero-order chi connectivity index (χ0) is 19.9. The van der Waals surface area contributed by atoms with E-state index in [4.69, 9.17) is 10.5 Å². The fourth-order valence-electron chi connectivity index (χ4n) is 3.65. The Morgan fingerprint density at radius 2 is 1.60 bits per heavy atom. The molecule has 0 bridgehead atoms. The first-order valence-corrected chi connectivity index (χ1v) is 10.1. The lowest BCUT2D eigenvalue weighted by atomic mass is 9.94. The second kappa shape index (κ2) is 12.8. The number of piperazine rings is 1. The summed E-state index contributed by atoms with van der Waals surface area (Å²) in [5.41, 5.74) is 8.62. The minimum Gasteiger partial charge on any atom is -0.494 e. The van der Waals surface area contributed by atoms with Crippen LogP contribution >= 0.6 is 24.8 Å². The highest BCUT2D eigenvalue weighted by Gasteiger charge is 2.29. The van der Waals surface area contributed by atoms with Crippen molar-refractivity contribution < 1.29 is 9.53 Å². The van der Waals surface area contributed by atoms with E-state index in [1.807, 2.05) is 61.2 Å². The number of nitrogens with two attached hydrogens (primary N) is 1. The number of hydrogen-bond acceptors (Lipinski definition) is 4. The number of ether oxygens (including phenoxy) is 1. The lowest BCUT2D eigenvalue weighted by Crippen LogP contribution is -2.50. The molecule has 2 atom stereocenters. The van der Waals surface area contributed by atoms with E-state index >= 15 is 0 Å². The van der Waals surface area contributed by atoms with E-state index in [9.17, 15) is 4.79 Å². The fourth-order valence-corrected chi connectivity index (χ4v) is 3.65. The number of amides is 1. The summed E-state index contributed by atoms with van der Waals surface area (Å²) in [5, 5.41) is 0. The molecule has 1 aliphatic rings. The van der Waals surface area contributed by atoms with Crippen molar-refractivity contribution in [2.75, 3.05) is 32.8 Å². The van der Waals surface area contributed by atoms with Crippen LogP contribution in [0.2, 0.25) is 0 Å². The second-order valence-corrected chi connectivity index (χ2v) is 7.40. The second-order valence-electron chi connectivity index (χ2n) is 7.40. The lowest BCUT2D eigenvalue weighted by Gasteiger charge is -2.37. The number of rotatable bonds is 7. The summed E-state index contributed by atoms with van der Waals surface area (Å²) in [4.78, 5) is 17.2. The minimum atomic E-state index is -0.268. The van der Waals surface area contributed by atoms with Gasteiger partial charge in [0, 0.05) is 38.8 Å². The molecule has 1 heterocycles. The Bertz CT molecular complexity index is 751. The third-order valence-corrected chi connectivity index (χ3v) is 5.44. The quantitative estimate of drug-likeness (QED) is 0.689. The van der Waals surface area contributed by atoms with Crippen molar-refractivity contribution in [3.05, 3.63) is 65.7 Å². The molecule has 0 spiro atoms. The Morgan fingerprint density at radius 3 is 2.17 bits per heavy atom. The third-order valence-electron chi connectivity index (χ3n) is 5.44. The smallest absolute Gasteiger partial charge is 0.227 e. The van der Waals surface area contributed by atoms with E-state index in [1.165, 1.54) is 5.56 Å². The van der Waals surface area contributed by atoms with Gasteiger partial charge in [-0.15, -0.1) is 24.8 Å². The molecule has 1 saturated heterocycles. The van der Waals surface area contributed by atoms with Crippen LogP contribution in [0.4, 0.5) is 0 Å². The molecule has 2 aromatic rings. The van der Waals surface area contributed by atoms with Crippen LogP contribution in [0, 0.1) is 5.92 Å². The summed E-state index contributed by atoms with van der Waals surface area (Å²) in [6, 6.07) is 17.9. The molecule has 166 valence electrons. The average Bonchev–Trinajstić information content (AvgIpc) is 2.75. The van der Waals surface area contributed by atoms with Crippen molar-refractivity contribution in [1.82, 2.24) is 9.80 Å². The molecule has 1 amide bonds.